The van der Waals surface area contributed by atoms with E-state index >= 15 is 4.39 Å². The van der Waals surface area contributed by atoms with Crippen LogP contribution < -0.4 is 16.1 Å². The number of aromatic amines is 1. The number of H-pyrrole nitrogens is 1. The molecule has 7 rings (SSSR count). The van der Waals surface area contributed by atoms with E-state index in [-0.39, 0.29) is 40.9 Å². The molecule has 10 nitrogen and oxygen atoms in total. The van der Waals surface area contributed by atoms with Crippen molar-refractivity contribution < 1.29 is 9.18 Å². The number of amides is 1. The zero-order valence-electron chi connectivity index (χ0n) is 26.8. The second kappa shape index (κ2) is 10.5. The van der Waals surface area contributed by atoms with Gasteiger partial charge in [0, 0.05) is 55.3 Å². The maximum absolute atomic E-state index is 16.6. The van der Waals surface area contributed by atoms with Crippen LogP contribution in [0.2, 0.25) is 0 Å². The molecule has 0 saturated carbocycles. The van der Waals surface area contributed by atoms with E-state index in [1.54, 1.807) is 28.8 Å². The molecule has 1 N–H and O–H groups in total. The predicted molar refractivity (Wildman–Crippen MR) is 177 cm³/mol. The predicted octanol–water partition coefficient (Wildman–Crippen LogP) is 4.65. The summed E-state index contributed by atoms with van der Waals surface area (Å²) in [7, 11) is 1.64. The van der Waals surface area contributed by atoms with Crippen molar-refractivity contribution in [3.63, 3.8) is 0 Å². The molecular weight excluding hydrogens is 585 g/mol. The highest BCUT2D eigenvalue weighted by Gasteiger charge is 2.42. The van der Waals surface area contributed by atoms with E-state index in [9.17, 15) is 14.4 Å². The van der Waals surface area contributed by atoms with Gasteiger partial charge in [0.1, 0.15) is 17.2 Å². The van der Waals surface area contributed by atoms with E-state index in [4.69, 9.17) is 4.98 Å². The molecule has 4 aromatic heterocycles. The number of pyridine rings is 3. The number of aryl methyl sites for hydroxylation is 3. The minimum atomic E-state index is -0.562. The van der Waals surface area contributed by atoms with Gasteiger partial charge in [-0.3, -0.25) is 23.7 Å². The summed E-state index contributed by atoms with van der Waals surface area (Å²) in [6.45, 7) is 14.4. The Morgan fingerprint density at radius 1 is 1.13 bits per heavy atom. The average molecular weight is 622 g/mol. The molecule has 5 aromatic rings. The normalized spacial score (nSPS) is 17.7. The largest absolute Gasteiger partial charge is 0.363 e. The first-order valence-electron chi connectivity index (χ1n) is 15.5. The van der Waals surface area contributed by atoms with Crippen LogP contribution in [0.4, 0.5) is 10.1 Å². The number of benzene rings is 1. The minimum absolute atomic E-state index is 0.0129. The summed E-state index contributed by atoms with van der Waals surface area (Å²) in [5.41, 5.74) is 5.55. The van der Waals surface area contributed by atoms with Crippen molar-refractivity contribution in [2.45, 2.75) is 59.0 Å². The molecule has 6 heterocycles. The highest BCUT2D eigenvalue weighted by molar-refractivity contribution is 5.99. The summed E-state index contributed by atoms with van der Waals surface area (Å²) in [6, 6.07) is 6.65. The molecule has 1 saturated heterocycles. The molecule has 0 aliphatic carbocycles. The Morgan fingerprint density at radius 2 is 1.89 bits per heavy atom. The number of fused-ring (bicyclic) bond motifs is 6. The molecule has 0 spiro atoms. The second-order valence-electron chi connectivity index (χ2n) is 12.9. The van der Waals surface area contributed by atoms with Crippen molar-refractivity contribution in [3.8, 4) is 16.9 Å². The number of carbonyl (C=O) groups excluding carboxylic acids is 1. The molecule has 1 amide bonds. The monoisotopic (exact) mass is 621 g/mol. The molecule has 46 heavy (non-hydrogen) atoms. The molecule has 2 atom stereocenters. The first-order valence-corrected chi connectivity index (χ1v) is 15.5. The average Bonchev–Trinajstić information content (AvgIpc) is 3.53. The van der Waals surface area contributed by atoms with Crippen LogP contribution >= 0.6 is 0 Å². The van der Waals surface area contributed by atoms with Crippen molar-refractivity contribution in [2.75, 3.05) is 18.0 Å². The molecule has 236 valence electrons. The maximum atomic E-state index is 16.6. The van der Waals surface area contributed by atoms with E-state index in [1.807, 2.05) is 46.8 Å². The first kappa shape index (κ1) is 29.6. The van der Waals surface area contributed by atoms with E-state index in [2.05, 4.69) is 21.4 Å². The van der Waals surface area contributed by atoms with Crippen molar-refractivity contribution in [1.29, 1.82) is 0 Å². The van der Waals surface area contributed by atoms with Crippen molar-refractivity contribution in [1.82, 2.24) is 29.0 Å². The van der Waals surface area contributed by atoms with Gasteiger partial charge in [0.05, 0.1) is 34.1 Å². The van der Waals surface area contributed by atoms with Gasteiger partial charge in [0.25, 0.3) is 5.56 Å². The van der Waals surface area contributed by atoms with Gasteiger partial charge in [0.15, 0.2) is 0 Å². The Balaban J connectivity index is 1.59. The zero-order valence-corrected chi connectivity index (χ0v) is 26.8. The summed E-state index contributed by atoms with van der Waals surface area (Å²) in [5.74, 6) is -0.729. The molecule has 0 radical (unpaired) electrons. The lowest BCUT2D eigenvalue weighted by Crippen LogP contribution is -2.57. The van der Waals surface area contributed by atoms with Crippen LogP contribution in [-0.4, -0.2) is 60.1 Å². The molecule has 1 fully saturated rings. The summed E-state index contributed by atoms with van der Waals surface area (Å²) in [4.78, 5) is 56.6. The number of hydrogen-bond donors (Lipinski definition) is 1. The highest BCUT2D eigenvalue weighted by atomic mass is 19.1. The number of nitrogens with zero attached hydrogens (tertiary/aromatic N) is 6. The summed E-state index contributed by atoms with van der Waals surface area (Å²) < 4.78 is 19.7. The number of rotatable bonds is 4. The Kier molecular flexibility index (Phi) is 6.77. The van der Waals surface area contributed by atoms with Gasteiger partial charge in [-0.15, -0.1) is 0 Å². The quantitative estimate of drug-likeness (QED) is 0.293. The third-order valence-electron chi connectivity index (χ3n) is 9.63. The number of aromatic nitrogens is 5. The fourth-order valence-electron chi connectivity index (χ4n) is 7.39. The van der Waals surface area contributed by atoms with Gasteiger partial charge in [-0.05, 0) is 62.1 Å². The summed E-state index contributed by atoms with van der Waals surface area (Å²) >= 11 is 0. The van der Waals surface area contributed by atoms with Gasteiger partial charge < -0.3 is 14.8 Å². The molecule has 11 heteroatoms. The molecule has 2 aliphatic heterocycles. The summed E-state index contributed by atoms with van der Waals surface area (Å²) in [5, 5.41) is 0.514. The van der Waals surface area contributed by atoms with Gasteiger partial charge in [-0.1, -0.05) is 26.5 Å². The zero-order chi connectivity index (χ0) is 32.8. The first-order chi connectivity index (χ1) is 21.9. The lowest BCUT2D eigenvalue weighted by Gasteiger charge is -2.43. The molecular formula is C35H36FN7O3. The van der Waals surface area contributed by atoms with Crippen molar-refractivity contribution in [3.05, 3.63) is 92.2 Å². The topological polar surface area (TPSA) is 109 Å². The Morgan fingerprint density at radius 3 is 2.61 bits per heavy atom. The van der Waals surface area contributed by atoms with Crippen LogP contribution in [-0.2, 0) is 18.3 Å². The number of halogens is 1. The number of hydrogen-bond acceptors (Lipinski definition) is 6. The lowest BCUT2D eigenvalue weighted by atomic mass is 10.0. The van der Waals surface area contributed by atoms with Gasteiger partial charge in [-0.2, -0.15) is 0 Å². The fraction of sp³-hybridized carbons (Fsp3) is 0.343. The van der Waals surface area contributed by atoms with Gasteiger partial charge in [0.2, 0.25) is 5.91 Å². The number of nitrogens with one attached hydrogen (secondary N) is 1. The van der Waals surface area contributed by atoms with E-state index < -0.39 is 5.82 Å². The number of anilines is 1. The highest BCUT2D eigenvalue weighted by Crippen LogP contribution is 2.42. The second-order valence-corrected chi connectivity index (χ2v) is 12.9. The smallest absolute Gasteiger partial charge is 0.326 e. The Hall–Kier alpha value is -5.06. The third kappa shape index (κ3) is 4.17. The van der Waals surface area contributed by atoms with Crippen LogP contribution in [0.15, 0.2) is 52.7 Å². The van der Waals surface area contributed by atoms with Crippen LogP contribution in [0.5, 0.6) is 0 Å². The molecule has 2 unspecified atom stereocenters. The molecule has 0 bridgehead atoms. The maximum Gasteiger partial charge on any atom is 0.326 e. The number of carbonyl (C=O) groups is 1. The van der Waals surface area contributed by atoms with Gasteiger partial charge >= 0.3 is 5.69 Å². The Bertz CT molecular complexity index is 2250. The Labute approximate surface area is 264 Å². The number of imidazole rings is 1. The number of piperazine rings is 1. The fourth-order valence-corrected chi connectivity index (χ4v) is 7.39. The van der Waals surface area contributed by atoms with Crippen LogP contribution in [0.1, 0.15) is 49.1 Å². The summed E-state index contributed by atoms with van der Waals surface area (Å²) in [6.07, 6.45) is 3.46. The van der Waals surface area contributed by atoms with E-state index in [0.717, 1.165) is 16.8 Å². The molecule has 1 aromatic carbocycles. The van der Waals surface area contributed by atoms with Crippen LogP contribution in [0.25, 0.3) is 39.0 Å². The standard InChI is InChI=1S/C35H36FN7O3/c1-8-26(44)41-16-21-13-23-31(42(21)15-20(41)6)22-14-24(36)29(27-18(4)9-10-25-32(27)40(7)35(46)38-25)39-33(22)43(34(23)45)30-19(5)11-12-37-28(30)17(2)3/h8-12,14,17,20-21H,1,13,15-16H2,2-7H3,(H,38,46). The molecule has 2 aliphatic rings. The van der Waals surface area contributed by atoms with Crippen LogP contribution in [0, 0.1) is 19.7 Å². The van der Waals surface area contributed by atoms with Gasteiger partial charge in [-0.25, -0.2) is 14.2 Å². The van der Waals surface area contributed by atoms with E-state index in [0.29, 0.717) is 64.1 Å². The van der Waals surface area contributed by atoms with Crippen molar-refractivity contribution in [2.24, 2.45) is 7.05 Å². The lowest BCUT2D eigenvalue weighted by molar-refractivity contribution is -0.128. The minimum Gasteiger partial charge on any atom is -0.363 e. The van der Waals surface area contributed by atoms with E-state index in [1.165, 1.54) is 16.7 Å². The van der Waals surface area contributed by atoms with Crippen LogP contribution in [0.3, 0.4) is 0 Å². The van der Waals surface area contributed by atoms with Crippen molar-refractivity contribution >= 4 is 33.7 Å². The third-order valence-corrected chi connectivity index (χ3v) is 9.63. The SMILES string of the molecule is C=CC(=O)N1CC2Cc3c(c4cc(F)c(-c5c(C)ccc6[nH]c(=O)n(C)c56)nc4n(-c4c(C)ccnc4C(C)C)c3=O)N2CC1C.